The number of sulfone groups is 1. The fourth-order valence-electron chi connectivity index (χ4n) is 3.26. The van der Waals surface area contributed by atoms with Crippen LogP contribution in [0.3, 0.4) is 0 Å². The lowest BCUT2D eigenvalue weighted by Gasteiger charge is -2.33. The number of aryl methyl sites for hydroxylation is 1. The second kappa shape index (κ2) is 7.33. The van der Waals surface area contributed by atoms with Crippen molar-refractivity contribution >= 4 is 9.84 Å². The molecule has 2 rings (SSSR count). The van der Waals surface area contributed by atoms with Crippen LogP contribution in [-0.2, 0) is 16.3 Å². The largest absolute Gasteiger partial charge is 0.271 e. The van der Waals surface area contributed by atoms with Crippen molar-refractivity contribution in [3.63, 3.8) is 0 Å². The van der Waals surface area contributed by atoms with Gasteiger partial charge in [-0.2, -0.15) is 0 Å². The Morgan fingerprint density at radius 2 is 2.10 bits per heavy atom. The van der Waals surface area contributed by atoms with Gasteiger partial charge >= 0.3 is 0 Å². The van der Waals surface area contributed by atoms with E-state index in [1.165, 1.54) is 11.8 Å². The van der Waals surface area contributed by atoms with E-state index in [1.54, 1.807) is 12.4 Å². The highest BCUT2D eigenvalue weighted by Crippen LogP contribution is 2.31. The van der Waals surface area contributed by atoms with Crippen LogP contribution in [-0.4, -0.2) is 30.9 Å². The van der Waals surface area contributed by atoms with E-state index in [-0.39, 0.29) is 11.3 Å². The van der Waals surface area contributed by atoms with Crippen molar-refractivity contribution in [2.24, 2.45) is 11.8 Å². The van der Waals surface area contributed by atoms with Crippen molar-refractivity contribution in [1.82, 2.24) is 10.4 Å². The average Bonchev–Trinajstić information content (AvgIpc) is 2.48. The number of pyridine rings is 1. The molecule has 3 atom stereocenters. The maximum atomic E-state index is 11.8. The lowest BCUT2D eigenvalue weighted by Crippen LogP contribution is -2.44. The van der Waals surface area contributed by atoms with Gasteiger partial charge in [0.05, 0.1) is 5.25 Å². The van der Waals surface area contributed by atoms with E-state index in [0.717, 1.165) is 38.5 Å². The summed E-state index contributed by atoms with van der Waals surface area (Å²) < 4.78 is 23.5. The zero-order valence-electron chi connectivity index (χ0n) is 12.5. The Kier molecular flexibility index (Phi) is 5.72. The van der Waals surface area contributed by atoms with Gasteiger partial charge in [-0.1, -0.05) is 6.42 Å². The minimum Gasteiger partial charge on any atom is -0.271 e. The number of hydrazine groups is 1. The Hall–Kier alpha value is -0.980. The van der Waals surface area contributed by atoms with Crippen LogP contribution in [0.15, 0.2) is 24.5 Å². The molecule has 0 radical (unpaired) electrons. The molecule has 1 heterocycles. The zero-order chi connectivity index (χ0) is 15.3. The summed E-state index contributed by atoms with van der Waals surface area (Å²) in [6, 6.07) is 4.18. The Morgan fingerprint density at radius 3 is 2.71 bits per heavy atom. The van der Waals surface area contributed by atoms with Gasteiger partial charge in [0.1, 0.15) is 9.84 Å². The predicted molar refractivity (Wildman–Crippen MR) is 84.3 cm³/mol. The normalized spacial score (nSPS) is 24.7. The summed E-state index contributed by atoms with van der Waals surface area (Å²) in [5.41, 5.74) is 4.14. The molecule has 0 bridgehead atoms. The quantitative estimate of drug-likeness (QED) is 0.613. The van der Waals surface area contributed by atoms with Crippen LogP contribution in [0.2, 0.25) is 0 Å². The number of rotatable bonds is 6. The van der Waals surface area contributed by atoms with Gasteiger partial charge in [-0.25, -0.2) is 8.42 Å². The molecule has 0 aromatic carbocycles. The maximum Gasteiger partial charge on any atom is 0.150 e. The fourth-order valence-corrected chi connectivity index (χ4v) is 4.45. The summed E-state index contributed by atoms with van der Waals surface area (Å²) in [5, 5.41) is -0.201. The predicted octanol–water partition coefficient (Wildman–Crippen LogP) is 1.45. The van der Waals surface area contributed by atoms with E-state index >= 15 is 0 Å². The number of hydrogen-bond acceptors (Lipinski definition) is 5. The van der Waals surface area contributed by atoms with Crippen LogP contribution < -0.4 is 11.3 Å². The molecule has 5 nitrogen and oxygen atoms in total. The molecule has 1 aromatic heterocycles. The Balaban J connectivity index is 1.94. The summed E-state index contributed by atoms with van der Waals surface area (Å²) in [6.45, 7) is 0. The molecule has 6 heteroatoms. The Morgan fingerprint density at radius 1 is 1.38 bits per heavy atom. The molecule has 3 N–H and O–H groups in total. The molecule has 21 heavy (non-hydrogen) atoms. The van der Waals surface area contributed by atoms with Gasteiger partial charge in [0, 0.05) is 24.7 Å². The highest BCUT2D eigenvalue weighted by Gasteiger charge is 2.32. The molecule has 1 aliphatic rings. The summed E-state index contributed by atoms with van der Waals surface area (Å²) in [4.78, 5) is 4.01. The van der Waals surface area contributed by atoms with Crippen molar-refractivity contribution in [2.75, 3.05) is 6.26 Å². The van der Waals surface area contributed by atoms with Crippen LogP contribution in [0, 0.1) is 5.92 Å². The van der Waals surface area contributed by atoms with Gasteiger partial charge < -0.3 is 0 Å². The summed E-state index contributed by atoms with van der Waals surface area (Å²) in [6.07, 6.45) is 10.3. The van der Waals surface area contributed by atoms with Gasteiger partial charge in [-0.15, -0.1) is 0 Å². The molecule has 1 aromatic rings. The third-order valence-corrected chi connectivity index (χ3v) is 6.19. The second-order valence-corrected chi connectivity index (χ2v) is 8.37. The van der Waals surface area contributed by atoms with E-state index in [0.29, 0.717) is 5.92 Å². The lowest BCUT2D eigenvalue weighted by atomic mass is 9.82. The zero-order valence-corrected chi connectivity index (χ0v) is 13.3. The van der Waals surface area contributed by atoms with Crippen molar-refractivity contribution < 1.29 is 8.42 Å². The number of nitrogens with one attached hydrogen (secondary N) is 1. The summed E-state index contributed by atoms with van der Waals surface area (Å²) >= 11 is 0. The maximum absolute atomic E-state index is 11.8. The third-order valence-electron chi connectivity index (χ3n) is 4.55. The molecule has 0 aliphatic heterocycles. The van der Waals surface area contributed by atoms with E-state index in [1.807, 2.05) is 12.1 Å². The van der Waals surface area contributed by atoms with Crippen LogP contribution in [0.5, 0.6) is 0 Å². The minimum absolute atomic E-state index is 0.169. The van der Waals surface area contributed by atoms with Crippen molar-refractivity contribution in [3.05, 3.63) is 30.1 Å². The van der Waals surface area contributed by atoms with Crippen molar-refractivity contribution in [2.45, 2.75) is 49.8 Å². The first kappa shape index (κ1) is 16.4. The first-order chi connectivity index (χ1) is 10.0. The average molecular weight is 311 g/mol. The second-order valence-electron chi connectivity index (χ2n) is 6.05. The number of nitrogens with zero attached hydrogens (tertiary/aromatic N) is 1. The summed E-state index contributed by atoms with van der Waals surface area (Å²) in [5.74, 6) is 6.05. The van der Waals surface area contributed by atoms with Crippen LogP contribution in [0.4, 0.5) is 0 Å². The third kappa shape index (κ3) is 4.76. The van der Waals surface area contributed by atoms with Crippen molar-refractivity contribution in [1.29, 1.82) is 0 Å². The fraction of sp³-hybridized carbons (Fsp3) is 0.667. The van der Waals surface area contributed by atoms with Crippen LogP contribution >= 0.6 is 0 Å². The van der Waals surface area contributed by atoms with Crippen molar-refractivity contribution in [3.8, 4) is 0 Å². The number of hydrogen-bond donors (Lipinski definition) is 2. The number of nitrogens with two attached hydrogens (primary N) is 1. The van der Waals surface area contributed by atoms with Crippen LogP contribution in [0.25, 0.3) is 0 Å². The van der Waals surface area contributed by atoms with Gasteiger partial charge in [-0.3, -0.25) is 16.3 Å². The first-order valence-electron chi connectivity index (χ1n) is 7.54. The Bertz CT molecular complexity index is 533. The molecule has 1 saturated carbocycles. The molecule has 0 saturated heterocycles. The van der Waals surface area contributed by atoms with E-state index in [2.05, 4.69) is 10.4 Å². The van der Waals surface area contributed by atoms with Gasteiger partial charge in [0.15, 0.2) is 0 Å². The topological polar surface area (TPSA) is 85.1 Å². The molecule has 3 unspecified atom stereocenters. The van der Waals surface area contributed by atoms with E-state index in [9.17, 15) is 8.42 Å². The minimum atomic E-state index is -2.94. The summed E-state index contributed by atoms with van der Waals surface area (Å²) in [7, 11) is -2.94. The Labute approximate surface area is 127 Å². The molecule has 0 spiro atoms. The first-order valence-corrected chi connectivity index (χ1v) is 9.50. The van der Waals surface area contributed by atoms with E-state index < -0.39 is 9.84 Å². The van der Waals surface area contributed by atoms with Gasteiger partial charge in [-0.05, 0) is 55.7 Å². The highest BCUT2D eigenvalue weighted by molar-refractivity contribution is 7.91. The molecular formula is C15H25N3O2S. The molecular weight excluding hydrogens is 286 g/mol. The highest BCUT2D eigenvalue weighted by atomic mass is 32.2. The van der Waals surface area contributed by atoms with Gasteiger partial charge in [0.2, 0.25) is 0 Å². The molecule has 1 aliphatic carbocycles. The van der Waals surface area contributed by atoms with Crippen LogP contribution in [0.1, 0.15) is 37.7 Å². The molecule has 0 amide bonds. The molecule has 1 fully saturated rings. The smallest absolute Gasteiger partial charge is 0.150 e. The lowest BCUT2D eigenvalue weighted by molar-refractivity contribution is 0.261. The van der Waals surface area contributed by atoms with E-state index in [4.69, 9.17) is 5.84 Å². The number of aromatic nitrogens is 1. The standard InChI is InChI=1S/C15H25N3O2S/c1-21(19,20)14-4-2-3-13(11-14)15(18-16)6-5-12-7-9-17-10-8-12/h7-10,13-15,18H,2-6,11,16H2,1H3. The monoisotopic (exact) mass is 311 g/mol. The van der Waals surface area contributed by atoms with Gasteiger partial charge in [0.25, 0.3) is 0 Å². The SMILES string of the molecule is CS(=O)(=O)C1CCCC(C(CCc2ccncc2)NN)C1. The molecule has 118 valence electrons.